The van der Waals surface area contributed by atoms with Gasteiger partial charge in [-0.1, -0.05) is 0 Å². The minimum absolute atomic E-state index is 0.124. The summed E-state index contributed by atoms with van der Waals surface area (Å²) in [6.45, 7) is -0.0998. The van der Waals surface area contributed by atoms with Gasteiger partial charge in [0.2, 0.25) is 0 Å². The Balaban J connectivity index is 2.99. The Morgan fingerprint density at radius 2 is 1.88 bits per heavy atom. The Kier molecular flexibility index (Phi) is 4.80. The number of anilines is 1. The van der Waals surface area contributed by atoms with Crippen LogP contribution in [0, 0.1) is 15.9 Å². The first-order valence-electron chi connectivity index (χ1n) is 5.00. The van der Waals surface area contributed by atoms with Crippen LogP contribution in [0.3, 0.4) is 0 Å². The van der Waals surface area contributed by atoms with Crippen molar-refractivity contribution in [2.45, 2.75) is 0 Å². The summed E-state index contributed by atoms with van der Waals surface area (Å²) in [6.07, 6.45) is 0. The predicted molar refractivity (Wildman–Crippen MR) is 59.4 cm³/mol. The van der Waals surface area contributed by atoms with E-state index in [-0.39, 0.29) is 37.7 Å². The molecule has 0 saturated heterocycles. The van der Waals surface area contributed by atoms with Gasteiger partial charge in [-0.3, -0.25) is 10.1 Å². The number of aliphatic hydroxyl groups excluding tert-OH is 2. The number of hydrogen-bond acceptors (Lipinski definition) is 5. The van der Waals surface area contributed by atoms with Crippen molar-refractivity contribution < 1.29 is 19.5 Å². The summed E-state index contributed by atoms with van der Waals surface area (Å²) in [5, 5.41) is 28.0. The number of aliphatic hydroxyl groups is 2. The molecule has 0 aliphatic carbocycles. The maximum Gasteiger partial charge on any atom is 0.272 e. The Labute approximate surface area is 97.1 Å². The van der Waals surface area contributed by atoms with Gasteiger partial charge in [0.05, 0.1) is 29.9 Å². The van der Waals surface area contributed by atoms with Crippen molar-refractivity contribution in [3.8, 4) is 0 Å². The highest BCUT2D eigenvalue weighted by Gasteiger charge is 2.15. The van der Waals surface area contributed by atoms with Crippen LogP contribution < -0.4 is 4.90 Å². The molecular weight excluding hydrogens is 231 g/mol. The van der Waals surface area contributed by atoms with E-state index in [0.29, 0.717) is 0 Å². The number of benzene rings is 1. The summed E-state index contributed by atoms with van der Waals surface area (Å²) in [7, 11) is 0. The molecule has 0 spiro atoms. The van der Waals surface area contributed by atoms with Crippen molar-refractivity contribution >= 4 is 11.4 Å². The largest absolute Gasteiger partial charge is 0.395 e. The number of nitrogens with zero attached hydrogens (tertiary/aromatic N) is 2. The number of rotatable bonds is 6. The van der Waals surface area contributed by atoms with Gasteiger partial charge < -0.3 is 15.1 Å². The third-order valence-corrected chi connectivity index (χ3v) is 2.22. The SMILES string of the molecule is O=[N+]([O-])c1ccc(N(CCO)CCO)c(F)c1. The van der Waals surface area contributed by atoms with Crippen molar-refractivity contribution in [2.75, 3.05) is 31.2 Å². The molecule has 2 N–H and O–H groups in total. The lowest BCUT2D eigenvalue weighted by Gasteiger charge is -2.23. The Hall–Kier alpha value is -1.73. The third kappa shape index (κ3) is 3.36. The number of nitro benzene ring substituents is 1. The van der Waals surface area contributed by atoms with E-state index in [2.05, 4.69) is 0 Å². The molecule has 17 heavy (non-hydrogen) atoms. The van der Waals surface area contributed by atoms with E-state index in [1.807, 2.05) is 0 Å². The second-order valence-electron chi connectivity index (χ2n) is 3.33. The molecule has 94 valence electrons. The maximum atomic E-state index is 13.6. The van der Waals surface area contributed by atoms with Crippen LogP contribution in [0.1, 0.15) is 0 Å². The van der Waals surface area contributed by atoms with Crippen LogP contribution in [0.25, 0.3) is 0 Å². The minimum Gasteiger partial charge on any atom is -0.395 e. The van der Waals surface area contributed by atoms with Gasteiger partial charge in [0.15, 0.2) is 5.82 Å². The van der Waals surface area contributed by atoms with Crippen molar-refractivity contribution in [1.82, 2.24) is 0 Å². The third-order valence-electron chi connectivity index (χ3n) is 2.22. The van der Waals surface area contributed by atoms with E-state index in [1.54, 1.807) is 0 Å². The molecule has 7 heteroatoms. The first-order valence-corrected chi connectivity index (χ1v) is 5.00. The molecule has 0 radical (unpaired) electrons. The van der Waals surface area contributed by atoms with Crippen molar-refractivity contribution in [3.63, 3.8) is 0 Å². The Morgan fingerprint density at radius 3 is 2.29 bits per heavy atom. The second kappa shape index (κ2) is 6.12. The molecule has 0 heterocycles. The zero-order valence-electron chi connectivity index (χ0n) is 9.04. The molecule has 6 nitrogen and oxygen atoms in total. The highest BCUT2D eigenvalue weighted by Crippen LogP contribution is 2.23. The molecule has 0 aromatic heterocycles. The topological polar surface area (TPSA) is 86.8 Å². The second-order valence-corrected chi connectivity index (χ2v) is 3.33. The molecule has 0 atom stereocenters. The number of nitro groups is 1. The van der Waals surface area contributed by atoms with Gasteiger partial charge in [-0.25, -0.2) is 4.39 Å². The zero-order valence-corrected chi connectivity index (χ0v) is 9.04. The lowest BCUT2D eigenvalue weighted by molar-refractivity contribution is -0.385. The minimum atomic E-state index is -0.749. The van der Waals surface area contributed by atoms with Gasteiger partial charge >= 0.3 is 0 Å². The number of hydrogen-bond donors (Lipinski definition) is 2. The molecule has 0 amide bonds. The average molecular weight is 244 g/mol. The number of non-ortho nitro benzene ring substituents is 1. The van der Waals surface area contributed by atoms with Gasteiger partial charge in [-0.2, -0.15) is 0 Å². The highest BCUT2D eigenvalue weighted by molar-refractivity contribution is 5.52. The molecule has 1 aromatic carbocycles. The van der Waals surface area contributed by atoms with Crippen LogP contribution >= 0.6 is 0 Å². The lowest BCUT2D eigenvalue weighted by atomic mass is 10.2. The van der Waals surface area contributed by atoms with Gasteiger partial charge in [0.25, 0.3) is 5.69 Å². The van der Waals surface area contributed by atoms with E-state index in [0.717, 1.165) is 6.07 Å². The molecule has 0 bridgehead atoms. The smallest absolute Gasteiger partial charge is 0.272 e. The van der Waals surface area contributed by atoms with Crippen LogP contribution in [0.4, 0.5) is 15.8 Å². The normalized spacial score (nSPS) is 10.3. The fourth-order valence-electron chi connectivity index (χ4n) is 1.46. The van der Waals surface area contributed by atoms with E-state index in [1.165, 1.54) is 17.0 Å². The summed E-state index contributed by atoms with van der Waals surface area (Å²) in [6, 6.07) is 3.26. The van der Waals surface area contributed by atoms with E-state index in [9.17, 15) is 14.5 Å². The van der Waals surface area contributed by atoms with Crippen LogP contribution in [0.5, 0.6) is 0 Å². The summed E-state index contributed by atoms with van der Waals surface area (Å²) in [5.74, 6) is -0.749. The molecule has 0 aliphatic heterocycles. The molecule has 1 rings (SSSR count). The fraction of sp³-hybridized carbons (Fsp3) is 0.400. The fourth-order valence-corrected chi connectivity index (χ4v) is 1.46. The molecule has 0 fully saturated rings. The summed E-state index contributed by atoms with van der Waals surface area (Å²) < 4.78 is 13.6. The molecule has 1 aromatic rings. The van der Waals surface area contributed by atoms with Gasteiger partial charge in [0.1, 0.15) is 0 Å². The Bertz CT molecular complexity index is 394. The molecule has 0 unspecified atom stereocenters. The molecule has 0 aliphatic rings. The molecular formula is C10H13FN2O4. The predicted octanol–water partition coefficient (Wildman–Crippen LogP) is 0.525. The van der Waals surface area contributed by atoms with Crippen LogP contribution in [0.2, 0.25) is 0 Å². The summed E-state index contributed by atoms with van der Waals surface area (Å²) in [5.41, 5.74) is -0.210. The standard InChI is InChI=1S/C10H13FN2O4/c11-9-7-8(13(16)17)1-2-10(9)12(3-5-14)4-6-15/h1-2,7,14-15H,3-6H2. The number of halogens is 1. The quantitative estimate of drug-likeness (QED) is 0.563. The van der Waals surface area contributed by atoms with Gasteiger partial charge in [-0.05, 0) is 6.07 Å². The van der Waals surface area contributed by atoms with Crippen molar-refractivity contribution in [3.05, 3.63) is 34.1 Å². The summed E-state index contributed by atoms with van der Waals surface area (Å²) in [4.78, 5) is 11.2. The Morgan fingerprint density at radius 1 is 1.29 bits per heavy atom. The van der Waals surface area contributed by atoms with E-state index >= 15 is 0 Å². The molecule has 0 saturated carbocycles. The first-order chi connectivity index (χ1) is 8.10. The van der Waals surface area contributed by atoms with E-state index in [4.69, 9.17) is 10.2 Å². The van der Waals surface area contributed by atoms with E-state index < -0.39 is 10.7 Å². The maximum absolute atomic E-state index is 13.6. The lowest BCUT2D eigenvalue weighted by Crippen LogP contribution is -2.30. The van der Waals surface area contributed by atoms with Gasteiger partial charge in [0, 0.05) is 19.2 Å². The zero-order chi connectivity index (χ0) is 12.8. The highest BCUT2D eigenvalue weighted by atomic mass is 19.1. The van der Waals surface area contributed by atoms with Crippen molar-refractivity contribution in [2.24, 2.45) is 0 Å². The summed E-state index contributed by atoms with van der Waals surface area (Å²) >= 11 is 0. The van der Waals surface area contributed by atoms with Crippen molar-refractivity contribution in [1.29, 1.82) is 0 Å². The monoisotopic (exact) mass is 244 g/mol. The van der Waals surface area contributed by atoms with Crippen LogP contribution in [-0.4, -0.2) is 41.4 Å². The van der Waals surface area contributed by atoms with Gasteiger partial charge in [-0.15, -0.1) is 0 Å². The van der Waals surface area contributed by atoms with Crippen LogP contribution in [-0.2, 0) is 0 Å². The average Bonchev–Trinajstić information content (AvgIpc) is 2.28. The van der Waals surface area contributed by atoms with Crippen LogP contribution in [0.15, 0.2) is 18.2 Å². The first kappa shape index (κ1) is 13.3.